The first kappa shape index (κ1) is 16.5. The van der Waals surface area contributed by atoms with Crippen molar-refractivity contribution in [3.8, 4) is 5.75 Å². The Hall–Kier alpha value is -2.99. The number of ether oxygens (including phenoxy) is 2. The van der Waals surface area contributed by atoms with Crippen LogP contribution in [-0.4, -0.2) is 35.2 Å². The van der Waals surface area contributed by atoms with Crippen LogP contribution < -0.4 is 10.1 Å². The fraction of sp³-hybridized carbons (Fsp3) is 0.250. The van der Waals surface area contributed by atoms with E-state index in [0.29, 0.717) is 23.6 Å². The highest BCUT2D eigenvalue weighted by atomic mass is 16.5. The molecule has 0 radical (unpaired) electrons. The topological polar surface area (TPSA) is 73.3 Å². The van der Waals surface area contributed by atoms with Crippen LogP contribution in [0.2, 0.25) is 0 Å². The summed E-state index contributed by atoms with van der Waals surface area (Å²) in [5.74, 6) is 0.391. The Morgan fingerprint density at radius 3 is 2.92 bits per heavy atom. The summed E-state index contributed by atoms with van der Waals surface area (Å²) in [4.78, 5) is 21.1. The summed E-state index contributed by atoms with van der Waals surface area (Å²) in [6, 6.07) is 14.8. The number of aromatic nitrogens is 2. The molecule has 4 rings (SSSR count). The maximum Gasteiger partial charge on any atom is 0.275 e. The molecule has 1 amide bonds. The lowest BCUT2D eigenvalue weighted by molar-refractivity contribution is 0.0680. The van der Waals surface area contributed by atoms with Crippen molar-refractivity contribution in [1.29, 1.82) is 0 Å². The normalized spacial score (nSPS) is 16.5. The lowest BCUT2D eigenvalue weighted by Crippen LogP contribution is -2.17. The summed E-state index contributed by atoms with van der Waals surface area (Å²) in [5.41, 5.74) is 2.37. The van der Waals surface area contributed by atoms with E-state index < -0.39 is 0 Å². The average Bonchev–Trinajstić information content (AvgIpc) is 3.20. The van der Waals surface area contributed by atoms with Crippen molar-refractivity contribution in [2.75, 3.05) is 18.5 Å². The molecule has 0 aliphatic carbocycles. The zero-order chi connectivity index (χ0) is 17.8. The van der Waals surface area contributed by atoms with Gasteiger partial charge in [-0.1, -0.05) is 18.2 Å². The van der Waals surface area contributed by atoms with Gasteiger partial charge in [0.25, 0.3) is 5.91 Å². The number of para-hydroxylation sites is 2. The van der Waals surface area contributed by atoms with E-state index in [1.54, 1.807) is 6.07 Å². The predicted molar refractivity (Wildman–Crippen MR) is 98.4 cm³/mol. The number of rotatable bonds is 5. The van der Waals surface area contributed by atoms with Gasteiger partial charge in [-0.3, -0.25) is 9.78 Å². The summed E-state index contributed by atoms with van der Waals surface area (Å²) in [6.45, 7) is 1.32. The second-order valence-electron chi connectivity index (χ2n) is 6.17. The van der Waals surface area contributed by atoms with E-state index >= 15 is 0 Å². The fourth-order valence-corrected chi connectivity index (χ4v) is 2.89. The monoisotopic (exact) mass is 349 g/mol. The van der Waals surface area contributed by atoms with Crippen molar-refractivity contribution in [1.82, 2.24) is 9.97 Å². The fourth-order valence-electron chi connectivity index (χ4n) is 2.89. The largest absolute Gasteiger partial charge is 0.491 e. The zero-order valence-electron chi connectivity index (χ0n) is 14.2. The van der Waals surface area contributed by atoms with Gasteiger partial charge in [0.1, 0.15) is 18.1 Å². The average molecular weight is 349 g/mol. The van der Waals surface area contributed by atoms with Crippen molar-refractivity contribution in [2.24, 2.45) is 0 Å². The van der Waals surface area contributed by atoms with Gasteiger partial charge < -0.3 is 14.8 Å². The van der Waals surface area contributed by atoms with Crippen molar-refractivity contribution >= 4 is 22.6 Å². The van der Waals surface area contributed by atoms with Crippen LogP contribution in [0.4, 0.5) is 5.69 Å². The molecule has 1 aromatic heterocycles. The summed E-state index contributed by atoms with van der Waals surface area (Å²) >= 11 is 0. The first-order valence-electron chi connectivity index (χ1n) is 8.65. The van der Waals surface area contributed by atoms with Gasteiger partial charge in [0.15, 0.2) is 0 Å². The van der Waals surface area contributed by atoms with Gasteiger partial charge in [-0.05, 0) is 37.1 Å². The molecule has 2 heterocycles. The van der Waals surface area contributed by atoms with Crippen LogP contribution in [0.25, 0.3) is 11.0 Å². The van der Waals surface area contributed by atoms with E-state index in [1.807, 2.05) is 42.5 Å². The number of anilines is 1. The van der Waals surface area contributed by atoms with Gasteiger partial charge in [-0.25, -0.2) is 4.98 Å². The number of nitrogens with one attached hydrogen (secondary N) is 1. The van der Waals surface area contributed by atoms with Crippen LogP contribution in [0, 0.1) is 0 Å². The molecule has 6 nitrogen and oxygen atoms in total. The molecule has 1 N–H and O–H groups in total. The third-order valence-electron chi connectivity index (χ3n) is 4.23. The van der Waals surface area contributed by atoms with E-state index in [9.17, 15) is 4.79 Å². The molecule has 0 bridgehead atoms. The van der Waals surface area contributed by atoms with Crippen LogP contribution >= 0.6 is 0 Å². The van der Waals surface area contributed by atoms with Crippen LogP contribution in [0.1, 0.15) is 23.3 Å². The van der Waals surface area contributed by atoms with Gasteiger partial charge in [0.05, 0.1) is 23.3 Å². The molecule has 132 valence electrons. The second-order valence-corrected chi connectivity index (χ2v) is 6.17. The molecule has 1 fully saturated rings. The summed E-state index contributed by atoms with van der Waals surface area (Å²) < 4.78 is 11.3. The van der Waals surface area contributed by atoms with Crippen molar-refractivity contribution in [3.63, 3.8) is 0 Å². The van der Waals surface area contributed by atoms with Crippen LogP contribution in [-0.2, 0) is 4.74 Å². The van der Waals surface area contributed by atoms with Gasteiger partial charge in [-0.15, -0.1) is 0 Å². The molecule has 0 spiro atoms. The van der Waals surface area contributed by atoms with Gasteiger partial charge >= 0.3 is 0 Å². The van der Waals surface area contributed by atoms with Crippen molar-refractivity contribution in [2.45, 2.75) is 18.9 Å². The molecule has 1 unspecified atom stereocenters. The molecule has 26 heavy (non-hydrogen) atoms. The minimum Gasteiger partial charge on any atom is -0.491 e. The van der Waals surface area contributed by atoms with Gasteiger partial charge in [0, 0.05) is 18.4 Å². The third kappa shape index (κ3) is 3.81. The highest BCUT2D eigenvalue weighted by Gasteiger charge is 2.16. The third-order valence-corrected chi connectivity index (χ3v) is 4.23. The molecule has 3 aromatic rings. The number of carbonyl (C=O) groups excluding carboxylic acids is 1. The van der Waals surface area contributed by atoms with E-state index in [1.165, 1.54) is 6.20 Å². The Morgan fingerprint density at radius 1 is 1.19 bits per heavy atom. The summed E-state index contributed by atoms with van der Waals surface area (Å²) in [6.07, 6.45) is 3.74. The zero-order valence-corrected chi connectivity index (χ0v) is 14.2. The number of hydrogen-bond donors (Lipinski definition) is 1. The Morgan fingerprint density at radius 2 is 2.08 bits per heavy atom. The van der Waals surface area contributed by atoms with E-state index in [0.717, 1.165) is 25.0 Å². The molecule has 6 heteroatoms. The number of fused-ring (bicyclic) bond motifs is 1. The number of hydrogen-bond acceptors (Lipinski definition) is 5. The second kappa shape index (κ2) is 7.49. The maximum atomic E-state index is 12.5. The molecule has 1 atom stereocenters. The lowest BCUT2D eigenvalue weighted by atomic mass is 10.2. The van der Waals surface area contributed by atoms with Crippen molar-refractivity contribution in [3.05, 3.63) is 60.4 Å². The molecular weight excluding hydrogens is 330 g/mol. The Balaban J connectivity index is 1.43. The van der Waals surface area contributed by atoms with E-state index in [2.05, 4.69) is 15.3 Å². The SMILES string of the molecule is O=C(Nc1cccc(OCC2CCCO2)c1)c1cnc2ccccc2n1. The van der Waals surface area contributed by atoms with E-state index in [4.69, 9.17) is 9.47 Å². The first-order valence-corrected chi connectivity index (χ1v) is 8.65. The number of benzene rings is 2. The number of carbonyl (C=O) groups is 1. The quantitative estimate of drug-likeness (QED) is 0.764. The van der Waals surface area contributed by atoms with Crippen LogP contribution in [0.15, 0.2) is 54.7 Å². The van der Waals surface area contributed by atoms with Gasteiger partial charge in [0.2, 0.25) is 0 Å². The highest BCUT2D eigenvalue weighted by Crippen LogP contribution is 2.20. The Kier molecular flexibility index (Phi) is 4.75. The highest BCUT2D eigenvalue weighted by molar-refractivity contribution is 6.03. The molecule has 0 saturated carbocycles. The Labute approximate surface area is 151 Å². The summed E-state index contributed by atoms with van der Waals surface area (Å²) in [5, 5.41) is 2.84. The van der Waals surface area contributed by atoms with E-state index in [-0.39, 0.29) is 17.7 Å². The number of nitrogens with zero attached hydrogens (tertiary/aromatic N) is 2. The standard InChI is InChI=1S/C20H19N3O3/c24-20(19-12-21-17-8-1-2-9-18(17)23-19)22-14-5-3-6-15(11-14)26-13-16-7-4-10-25-16/h1-3,5-6,8-9,11-12,16H,4,7,10,13H2,(H,22,24). The maximum absolute atomic E-state index is 12.5. The molecule has 1 saturated heterocycles. The predicted octanol–water partition coefficient (Wildman–Crippen LogP) is 3.44. The first-order chi connectivity index (χ1) is 12.8. The smallest absolute Gasteiger partial charge is 0.275 e. The Bertz CT molecular complexity index is 923. The molecule has 1 aliphatic rings. The molecule has 2 aromatic carbocycles. The van der Waals surface area contributed by atoms with Crippen LogP contribution in [0.3, 0.4) is 0 Å². The minimum atomic E-state index is -0.306. The summed E-state index contributed by atoms with van der Waals surface area (Å²) in [7, 11) is 0. The van der Waals surface area contributed by atoms with Gasteiger partial charge in [-0.2, -0.15) is 0 Å². The number of amides is 1. The molecular formula is C20H19N3O3. The lowest BCUT2D eigenvalue weighted by Gasteiger charge is -2.12. The molecule has 1 aliphatic heterocycles. The minimum absolute atomic E-state index is 0.154. The van der Waals surface area contributed by atoms with Crippen LogP contribution in [0.5, 0.6) is 5.75 Å². The van der Waals surface area contributed by atoms with Crippen molar-refractivity contribution < 1.29 is 14.3 Å².